The molecule has 0 heterocycles. The van der Waals surface area contributed by atoms with E-state index in [0.29, 0.717) is 17.3 Å². The molecule has 0 aliphatic heterocycles. The molecule has 2 rings (SSSR count). The van der Waals surface area contributed by atoms with Crippen LogP contribution in [0, 0.1) is 13.8 Å². The van der Waals surface area contributed by atoms with Gasteiger partial charge >= 0.3 is 0 Å². The molecule has 20 heavy (non-hydrogen) atoms. The maximum atomic E-state index is 11.4. The fraction of sp³-hybridized carbons (Fsp3) is 0.250. The number of hydrogen-bond donors (Lipinski definition) is 0. The van der Waals surface area contributed by atoms with Gasteiger partial charge in [0.25, 0.3) is 0 Å². The van der Waals surface area contributed by atoms with Gasteiger partial charge < -0.3 is 4.74 Å². The molecular formula is C16H18O3S. The summed E-state index contributed by atoms with van der Waals surface area (Å²) < 4.78 is 28.4. The van der Waals surface area contributed by atoms with Crippen molar-refractivity contribution in [3.63, 3.8) is 0 Å². The second-order valence-corrected chi connectivity index (χ2v) is 6.98. The van der Waals surface area contributed by atoms with Crippen molar-refractivity contribution in [2.24, 2.45) is 0 Å². The highest BCUT2D eigenvalue weighted by Crippen LogP contribution is 2.18. The fourth-order valence-corrected chi connectivity index (χ4v) is 2.53. The molecule has 0 bridgehead atoms. The summed E-state index contributed by atoms with van der Waals surface area (Å²) >= 11 is 0. The van der Waals surface area contributed by atoms with Crippen LogP contribution in [0.15, 0.2) is 47.4 Å². The minimum atomic E-state index is -3.15. The minimum Gasteiger partial charge on any atom is -0.489 e. The molecule has 0 aliphatic rings. The van der Waals surface area contributed by atoms with E-state index >= 15 is 0 Å². The standard InChI is InChI=1S/C16H18O3S/c1-12-4-5-13(2)14(10-12)11-19-15-6-8-16(9-7-15)20(3,17)18/h4-10H,11H2,1-3H3. The molecule has 2 aromatic carbocycles. The van der Waals surface area contributed by atoms with Crippen LogP contribution in [0.1, 0.15) is 16.7 Å². The van der Waals surface area contributed by atoms with Crippen LogP contribution in [-0.4, -0.2) is 14.7 Å². The highest BCUT2D eigenvalue weighted by molar-refractivity contribution is 7.90. The van der Waals surface area contributed by atoms with Gasteiger partial charge in [-0.15, -0.1) is 0 Å². The summed E-state index contributed by atoms with van der Waals surface area (Å²) in [5.74, 6) is 0.665. The molecule has 2 aromatic rings. The van der Waals surface area contributed by atoms with Crippen molar-refractivity contribution in [3.05, 3.63) is 59.2 Å². The number of benzene rings is 2. The lowest BCUT2D eigenvalue weighted by Crippen LogP contribution is -2.00. The first kappa shape index (κ1) is 14.6. The van der Waals surface area contributed by atoms with Crippen molar-refractivity contribution in [1.29, 1.82) is 0 Å². The summed E-state index contributed by atoms with van der Waals surface area (Å²) in [6, 6.07) is 12.7. The normalized spacial score (nSPS) is 11.3. The van der Waals surface area contributed by atoms with Crippen molar-refractivity contribution >= 4 is 9.84 Å². The third-order valence-corrected chi connectivity index (χ3v) is 4.28. The van der Waals surface area contributed by atoms with E-state index in [0.717, 1.165) is 5.56 Å². The van der Waals surface area contributed by atoms with Gasteiger partial charge in [0.05, 0.1) is 4.90 Å². The lowest BCUT2D eigenvalue weighted by molar-refractivity contribution is 0.305. The third-order valence-electron chi connectivity index (χ3n) is 3.15. The molecule has 0 aromatic heterocycles. The predicted octanol–water partition coefficient (Wildman–Crippen LogP) is 3.29. The summed E-state index contributed by atoms with van der Waals surface area (Å²) in [6.07, 6.45) is 1.19. The molecule has 0 N–H and O–H groups in total. The summed E-state index contributed by atoms with van der Waals surface area (Å²) in [7, 11) is -3.15. The molecule has 0 saturated heterocycles. The van der Waals surface area contributed by atoms with E-state index in [1.807, 2.05) is 13.8 Å². The molecular weight excluding hydrogens is 272 g/mol. The van der Waals surface area contributed by atoms with Crippen molar-refractivity contribution in [2.45, 2.75) is 25.3 Å². The lowest BCUT2D eigenvalue weighted by Gasteiger charge is -2.10. The van der Waals surface area contributed by atoms with Gasteiger partial charge in [-0.25, -0.2) is 8.42 Å². The zero-order chi connectivity index (χ0) is 14.8. The van der Waals surface area contributed by atoms with E-state index in [9.17, 15) is 8.42 Å². The van der Waals surface area contributed by atoms with E-state index in [2.05, 4.69) is 18.2 Å². The number of rotatable bonds is 4. The molecule has 0 saturated carbocycles. The van der Waals surface area contributed by atoms with E-state index in [-0.39, 0.29) is 0 Å². The topological polar surface area (TPSA) is 43.4 Å². The average molecular weight is 290 g/mol. The van der Waals surface area contributed by atoms with Crippen molar-refractivity contribution < 1.29 is 13.2 Å². The Labute approximate surface area is 120 Å². The Balaban J connectivity index is 2.10. The van der Waals surface area contributed by atoms with E-state index in [1.165, 1.54) is 17.4 Å². The molecule has 0 aliphatic carbocycles. The largest absolute Gasteiger partial charge is 0.489 e. The monoisotopic (exact) mass is 290 g/mol. The molecule has 0 fully saturated rings. The Bertz CT molecular complexity index is 701. The van der Waals surface area contributed by atoms with Crippen LogP contribution in [0.25, 0.3) is 0 Å². The third kappa shape index (κ3) is 3.61. The van der Waals surface area contributed by atoms with Crippen LogP contribution < -0.4 is 4.74 Å². The van der Waals surface area contributed by atoms with Crippen LogP contribution in [0.5, 0.6) is 5.75 Å². The van der Waals surface area contributed by atoms with Gasteiger partial charge in [0.1, 0.15) is 12.4 Å². The Hall–Kier alpha value is -1.81. The smallest absolute Gasteiger partial charge is 0.175 e. The van der Waals surface area contributed by atoms with E-state index in [1.54, 1.807) is 24.3 Å². The predicted molar refractivity (Wildman–Crippen MR) is 79.8 cm³/mol. The van der Waals surface area contributed by atoms with Crippen molar-refractivity contribution in [2.75, 3.05) is 6.26 Å². The van der Waals surface area contributed by atoms with Gasteiger partial charge in [0.2, 0.25) is 0 Å². The molecule has 0 amide bonds. The van der Waals surface area contributed by atoms with Gasteiger partial charge in [0.15, 0.2) is 9.84 Å². The molecule has 4 heteroatoms. The van der Waals surface area contributed by atoms with Crippen LogP contribution in [-0.2, 0) is 16.4 Å². The summed E-state index contributed by atoms with van der Waals surface area (Å²) in [4.78, 5) is 0.302. The first-order chi connectivity index (χ1) is 9.36. The van der Waals surface area contributed by atoms with Crippen molar-refractivity contribution in [3.8, 4) is 5.75 Å². The van der Waals surface area contributed by atoms with Crippen LogP contribution in [0.2, 0.25) is 0 Å². The summed E-state index contributed by atoms with van der Waals surface area (Å²) in [5, 5.41) is 0. The maximum Gasteiger partial charge on any atom is 0.175 e. The first-order valence-electron chi connectivity index (χ1n) is 6.35. The average Bonchev–Trinajstić information content (AvgIpc) is 2.39. The Kier molecular flexibility index (Phi) is 4.14. The Morgan fingerprint density at radius 1 is 1.00 bits per heavy atom. The molecule has 106 valence electrons. The molecule has 3 nitrogen and oxygen atoms in total. The maximum absolute atomic E-state index is 11.4. The van der Waals surface area contributed by atoms with E-state index < -0.39 is 9.84 Å². The number of hydrogen-bond acceptors (Lipinski definition) is 3. The van der Waals surface area contributed by atoms with Gasteiger partial charge in [-0.1, -0.05) is 23.8 Å². The quantitative estimate of drug-likeness (QED) is 0.868. The number of sulfone groups is 1. The highest BCUT2D eigenvalue weighted by atomic mass is 32.2. The van der Waals surface area contributed by atoms with E-state index in [4.69, 9.17) is 4.74 Å². The van der Waals surface area contributed by atoms with Crippen LogP contribution in [0.4, 0.5) is 0 Å². The fourth-order valence-electron chi connectivity index (χ4n) is 1.90. The van der Waals surface area contributed by atoms with Gasteiger partial charge in [0, 0.05) is 6.26 Å². The zero-order valence-corrected chi connectivity index (χ0v) is 12.7. The second-order valence-electron chi connectivity index (χ2n) is 4.96. The number of ether oxygens (including phenoxy) is 1. The molecule has 0 spiro atoms. The van der Waals surface area contributed by atoms with Gasteiger partial charge in [-0.05, 0) is 49.2 Å². The summed E-state index contributed by atoms with van der Waals surface area (Å²) in [6.45, 7) is 4.57. The Morgan fingerprint density at radius 3 is 2.25 bits per heavy atom. The molecule has 0 atom stereocenters. The molecule has 0 radical (unpaired) electrons. The molecule has 0 unspecified atom stereocenters. The van der Waals surface area contributed by atoms with Gasteiger partial charge in [-0.2, -0.15) is 0 Å². The SMILES string of the molecule is Cc1ccc(C)c(COc2ccc(S(C)(=O)=O)cc2)c1. The Morgan fingerprint density at radius 2 is 1.65 bits per heavy atom. The van der Waals surface area contributed by atoms with Crippen molar-refractivity contribution in [1.82, 2.24) is 0 Å². The number of aryl methyl sites for hydroxylation is 2. The summed E-state index contributed by atoms with van der Waals surface area (Å²) in [5.41, 5.74) is 3.52. The lowest BCUT2D eigenvalue weighted by atomic mass is 10.1. The van der Waals surface area contributed by atoms with Gasteiger partial charge in [-0.3, -0.25) is 0 Å². The highest BCUT2D eigenvalue weighted by Gasteiger charge is 2.06. The zero-order valence-electron chi connectivity index (χ0n) is 11.9. The second kappa shape index (κ2) is 5.67. The van der Waals surface area contributed by atoms with Crippen LogP contribution >= 0.6 is 0 Å². The minimum absolute atomic E-state index is 0.302. The first-order valence-corrected chi connectivity index (χ1v) is 8.24. The van der Waals surface area contributed by atoms with Crippen LogP contribution in [0.3, 0.4) is 0 Å².